The molecule has 0 aliphatic rings. The summed E-state index contributed by atoms with van der Waals surface area (Å²) in [5.74, 6) is 4.53. The van der Waals surface area contributed by atoms with Crippen LogP contribution >= 0.6 is 0 Å². The molecular formula is C8H9FN2O. The van der Waals surface area contributed by atoms with Gasteiger partial charge < -0.3 is 10.9 Å². The lowest BCUT2D eigenvalue weighted by Crippen LogP contribution is -1.99. The number of hydrogen-bond donors (Lipinski definition) is 2. The van der Waals surface area contributed by atoms with Gasteiger partial charge in [-0.05, 0) is 25.1 Å². The maximum atomic E-state index is 12.6. The SMILES string of the molecule is CC(=NN)c1cc(F)ccc1O. The van der Waals surface area contributed by atoms with Gasteiger partial charge in [0.05, 0.1) is 5.71 Å². The first-order valence-electron chi connectivity index (χ1n) is 3.38. The molecule has 0 radical (unpaired) electrons. The Balaban J connectivity index is 3.23. The van der Waals surface area contributed by atoms with Crippen LogP contribution in [0.3, 0.4) is 0 Å². The van der Waals surface area contributed by atoms with Crippen LogP contribution in [-0.2, 0) is 0 Å². The van der Waals surface area contributed by atoms with E-state index in [1.54, 1.807) is 6.92 Å². The second kappa shape index (κ2) is 3.21. The second-order valence-electron chi connectivity index (χ2n) is 2.38. The quantitative estimate of drug-likeness (QED) is 0.376. The number of nitrogens with zero attached hydrogens (tertiary/aromatic N) is 1. The minimum atomic E-state index is -0.425. The Morgan fingerprint density at radius 2 is 2.25 bits per heavy atom. The number of phenols is 1. The molecule has 0 saturated heterocycles. The molecule has 0 saturated carbocycles. The Bertz CT molecular complexity index is 323. The van der Waals surface area contributed by atoms with E-state index >= 15 is 0 Å². The van der Waals surface area contributed by atoms with Crippen molar-refractivity contribution in [1.82, 2.24) is 0 Å². The molecule has 0 aliphatic heterocycles. The first-order valence-corrected chi connectivity index (χ1v) is 3.38. The Hall–Kier alpha value is -1.58. The van der Waals surface area contributed by atoms with Crippen molar-refractivity contribution in [3.63, 3.8) is 0 Å². The summed E-state index contributed by atoms with van der Waals surface area (Å²) in [5, 5.41) is 12.6. The van der Waals surface area contributed by atoms with Gasteiger partial charge in [-0.25, -0.2) is 4.39 Å². The molecule has 0 atom stereocenters. The number of benzene rings is 1. The Morgan fingerprint density at radius 1 is 1.58 bits per heavy atom. The maximum absolute atomic E-state index is 12.6. The first kappa shape index (κ1) is 8.52. The van der Waals surface area contributed by atoms with E-state index in [1.165, 1.54) is 18.2 Å². The second-order valence-corrected chi connectivity index (χ2v) is 2.38. The van der Waals surface area contributed by atoms with Gasteiger partial charge in [-0.15, -0.1) is 0 Å². The van der Waals surface area contributed by atoms with E-state index in [0.717, 1.165) is 0 Å². The fourth-order valence-electron chi connectivity index (χ4n) is 0.868. The van der Waals surface area contributed by atoms with Gasteiger partial charge in [-0.2, -0.15) is 5.10 Å². The average Bonchev–Trinajstić information content (AvgIpc) is 2.08. The van der Waals surface area contributed by atoms with Crippen LogP contribution in [0, 0.1) is 5.82 Å². The Morgan fingerprint density at radius 3 is 2.83 bits per heavy atom. The van der Waals surface area contributed by atoms with Gasteiger partial charge in [0.2, 0.25) is 0 Å². The molecule has 0 unspecified atom stereocenters. The highest BCUT2D eigenvalue weighted by atomic mass is 19.1. The van der Waals surface area contributed by atoms with Crippen LogP contribution in [0.15, 0.2) is 23.3 Å². The van der Waals surface area contributed by atoms with Gasteiger partial charge in [0, 0.05) is 5.56 Å². The van der Waals surface area contributed by atoms with Gasteiger partial charge in [0.25, 0.3) is 0 Å². The predicted octanol–water partition coefficient (Wildman–Crippen LogP) is 1.21. The Kier molecular flexibility index (Phi) is 2.28. The van der Waals surface area contributed by atoms with Crippen LogP contribution in [0.4, 0.5) is 4.39 Å². The van der Waals surface area contributed by atoms with Crippen LogP contribution in [0.1, 0.15) is 12.5 Å². The van der Waals surface area contributed by atoms with E-state index in [1.807, 2.05) is 0 Å². The summed E-state index contributed by atoms with van der Waals surface area (Å²) in [5.41, 5.74) is 0.713. The summed E-state index contributed by atoms with van der Waals surface area (Å²) in [6.45, 7) is 1.59. The molecule has 3 N–H and O–H groups in total. The fourth-order valence-corrected chi connectivity index (χ4v) is 0.868. The third-order valence-electron chi connectivity index (χ3n) is 1.54. The zero-order chi connectivity index (χ0) is 9.14. The zero-order valence-electron chi connectivity index (χ0n) is 6.58. The van der Waals surface area contributed by atoms with Crippen molar-refractivity contribution in [1.29, 1.82) is 0 Å². The highest BCUT2D eigenvalue weighted by Gasteiger charge is 2.04. The summed E-state index contributed by atoms with van der Waals surface area (Å²) in [6, 6.07) is 3.61. The summed E-state index contributed by atoms with van der Waals surface area (Å²) in [4.78, 5) is 0. The molecule has 4 heteroatoms. The summed E-state index contributed by atoms with van der Waals surface area (Å²) < 4.78 is 12.6. The number of nitrogens with two attached hydrogens (primary N) is 1. The average molecular weight is 168 g/mol. The maximum Gasteiger partial charge on any atom is 0.124 e. The highest BCUT2D eigenvalue weighted by Crippen LogP contribution is 2.18. The van der Waals surface area contributed by atoms with Crippen molar-refractivity contribution in [3.8, 4) is 5.75 Å². The summed E-state index contributed by atoms with van der Waals surface area (Å²) in [6.07, 6.45) is 0. The minimum Gasteiger partial charge on any atom is -0.507 e. The lowest BCUT2D eigenvalue weighted by Gasteiger charge is -2.01. The van der Waals surface area contributed by atoms with Crippen LogP contribution < -0.4 is 5.84 Å². The van der Waals surface area contributed by atoms with Gasteiger partial charge in [0.15, 0.2) is 0 Å². The molecule has 0 spiro atoms. The lowest BCUT2D eigenvalue weighted by molar-refractivity contribution is 0.472. The summed E-state index contributed by atoms with van der Waals surface area (Å²) >= 11 is 0. The van der Waals surface area contributed by atoms with Crippen molar-refractivity contribution in [2.24, 2.45) is 10.9 Å². The smallest absolute Gasteiger partial charge is 0.124 e. The van der Waals surface area contributed by atoms with E-state index in [2.05, 4.69) is 5.10 Å². The van der Waals surface area contributed by atoms with Crippen molar-refractivity contribution in [2.75, 3.05) is 0 Å². The molecule has 64 valence electrons. The number of hydrazone groups is 1. The topological polar surface area (TPSA) is 58.6 Å². The number of hydrogen-bond acceptors (Lipinski definition) is 3. The van der Waals surface area contributed by atoms with Crippen molar-refractivity contribution in [3.05, 3.63) is 29.6 Å². The largest absolute Gasteiger partial charge is 0.507 e. The normalized spacial score (nSPS) is 11.7. The molecule has 0 bridgehead atoms. The van der Waals surface area contributed by atoms with Gasteiger partial charge >= 0.3 is 0 Å². The van der Waals surface area contributed by atoms with Crippen molar-refractivity contribution in [2.45, 2.75) is 6.92 Å². The van der Waals surface area contributed by atoms with E-state index in [-0.39, 0.29) is 5.75 Å². The number of rotatable bonds is 1. The molecule has 0 fully saturated rings. The highest BCUT2D eigenvalue weighted by molar-refractivity contribution is 6.00. The molecule has 1 aromatic carbocycles. The zero-order valence-corrected chi connectivity index (χ0v) is 6.58. The van der Waals surface area contributed by atoms with Crippen molar-refractivity contribution >= 4 is 5.71 Å². The van der Waals surface area contributed by atoms with Crippen LogP contribution in [0.25, 0.3) is 0 Å². The molecular weight excluding hydrogens is 159 g/mol. The molecule has 0 amide bonds. The van der Waals surface area contributed by atoms with E-state index in [0.29, 0.717) is 11.3 Å². The van der Waals surface area contributed by atoms with Gasteiger partial charge in [-0.1, -0.05) is 0 Å². The van der Waals surface area contributed by atoms with E-state index in [4.69, 9.17) is 5.84 Å². The van der Waals surface area contributed by atoms with Crippen LogP contribution in [0.2, 0.25) is 0 Å². The predicted molar refractivity (Wildman–Crippen MR) is 44.5 cm³/mol. The van der Waals surface area contributed by atoms with Crippen LogP contribution in [0.5, 0.6) is 5.75 Å². The molecule has 0 aromatic heterocycles. The van der Waals surface area contributed by atoms with Gasteiger partial charge in [0.1, 0.15) is 11.6 Å². The standard InChI is InChI=1S/C8H9FN2O/c1-5(11-10)7-4-6(9)2-3-8(7)12/h2-4,12H,10H2,1H3. The lowest BCUT2D eigenvalue weighted by atomic mass is 10.1. The summed E-state index contributed by atoms with van der Waals surface area (Å²) in [7, 11) is 0. The van der Waals surface area contributed by atoms with Crippen LogP contribution in [-0.4, -0.2) is 10.8 Å². The van der Waals surface area contributed by atoms with E-state index < -0.39 is 5.82 Å². The van der Waals surface area contributed by atoms with Crippen molar-refractivity contribution < 1.29 is 9.50 Å². The number of phenolic OH excluding ortho intramolecular Hbond substituents is 1. The number of aromatic hydroxyl groups is 1. The molecule has 0 heterocycles. The minimum absolute atomic E-state index is 0.0249. The first-order chi connectivity index (χ1) is 5.65. The molecule has 1 aromatic rings. The number of halogens is 1. The molecule has 0 aliphatic carbocycles. The molecule has 1 rings (SSSR count). The Labute approximate surface area is 69.3 Å². The fraction of sp³-hybridized carbons (Fsp3) is 0.125. The van der Waals surface area contributed by atoms with E-state index in [9.17, 15) is 9.50 Å². The van der Waals surface area contributed by atoms with Gasteiger partial charge in [-0.3, -0.25) is 0 Å². The third kappa shape index (κ3) is 1.53. The third-order valence-corrected chi connectivity index (χ3v) is 1.54. The monoisotopic (exact) mass is 168 g/mol. The molecule has 3 nitrogen and oxygen atoms in total. The molecule has 12 heavy (non-hydrogen) atoms.